The van der Waals surface area contributed by atoms with Crippen LogP contribution in [0.3, 0.4) is 0 Å². The van der Waals surface area contributed by atoms with Crippen LogP contribution in [0.1, 0.15) is 41.5 Å². The highest BCUT2D eigenvalue weighted by atomic mass is 31.2. The quantitative estimate of drug-likeness (QED) is 0.490. The van der Waals surface area contributed by atoms with Crippen LogP contribution in [0.5, 0.6) is 0 Å². The van der Waals surface area contributed by atoms with Crippen LogP contribution in [0, 0.1) is 0 Å². The first-order chi connectivity index (χ1) is 4.50. The normalized spacial score (nSPS) is 15.3. The number of hydrogen-bond acceptors (Lipinski definition) is 0. The Balaban J connectivity index is 4.75. The molecule has 0 aliphatic rings. The van der Waals surface area contributed by atoms with Crippen molar-refractivity contribution in [3.63, 3.8) is 0 Å². The molecular weight excluding hydrogens is 151 g/mol. The van der Waals surface area contributed by atoms with Crippen LogP contribution in [-0.4, -0.2) is 23.6 Å². The third kappa shape index (κ3) is 2.18. The van der Waals surface area contributed by atoms with E-state index in [1.54, 1.807) is 0 Å². The lowest BCUT2D eigenvalue weighted by atomic mass is 10.2. The lowest BCUT2D eigenvalue weighted by Crippen LogP contribution is -2.32. The molecule has 0 amide bonds. The van der Waals surface area contributed by atoms with Gasteiger partial charge in [-0.15, -0.1) is 7.26 Å². The smallest absolute Gasteiger partial charge is 0.0213 e. The average molecular weight is 175 g/mol. The minimum absolute atomic E-state index is 0.491. The van der Waals surface area contributed by atoms with E-state index in [0.717, 1.165) is 0 Å². The Morgan fingerprint density at radius 1 is 0.636 bits per heavy atom. The second-order valence-electron chi connectivity index (χ2n) is 5.80. The summed E-state index contributed by atoms with van der Waals surface area (Å²) in [4.78, 5) is 0. The molecule has 0 atom stereocenters. The summed E-state index contributed by atoms with van der Waals surface area (Å²) < 4.78 is 0. The van der Waals surface area contributed by atoms with Gasteiger partial charge < -0.3 is 0 Å². The van der Waals surface area contributed by atoms with Gasteiger partial charge in [0.1, 0.15) is 0 Å². The molecule has 1 radical (unpaired) electrons. The van der Waals surface area contributed by atoms with Crippen LogP contribution >= 0.6 is 7.26 Å². The topological polar surface area (TPSA) is 0 Å². The van der Waals surface area contributed by atoms with Gasteiger partial charge >= 0.3 is 0 Å². The van der Waals surface area contributed by atoms with Gasteiger partial charge in [-0.3, -0.25) is 0 Å². The summed E-state index contributed by atoms with van der Waals surface area (Å²) in [7, 11) is -0.810. The van der Waals surface area contributed by atoms with Crippen LogP contribution in [0.2, 0.25) is 0 Å². The fraction of sp³-hybridized carbons (Fsp3) is 1.00. The lowest BCUT2D eigenvalue weighted by Gasteiger charge is -2.51. The van der Waals surface area contributed by atoms with E-state index in [1.165, 1.54) is 0 Å². The highest BCUT2D eigenvalue weighted by Gasteiger charge is 2.39. The fourth-order valence-corrected chi connectivity index (χ4v) is 3.02. The molecule has 0 saturated carbocycles. The Hall–Kier alpha value is 0.430. The Labute approximate surface area is 73.1 Å². The molecule has 0 nitrogen and oxygen atoms in total. The monoisotopic (exact) mass is 175 g/mol. The van der Waals surface area contributed by atoms with Gasteiger partial charge in [-0.2, -0.15) is 0 Å². The molecule has 0 N–H and O–H groups in total. The van der Waals surface area contributed by atoms with Crippen LogP contribution < -0.4 is 0 Å². The zero-order valence-electron chi connectivity index (χ0n) is 9.45. The predicted molar refractivity (Wildman–Crippen MR) is 58.3 cm³/mol. The highest BCUT2D eigenvalue weighted by Crippen LogP contribution is 2.71. The molecule has 11 heavy (non-hydrogen) atoms. The number of hydrogen-bond donors (Lipinski definition) is 0. The van der Waals surface area contributed by atoms with Crippen LogP contribution in [0.15, 0.2) is 0 Å². The zero-order chi connectivity index (χ0) is 9.50. The molecule has 0 saturated heterocycles. The molecule has 0 spiro atoms. The van der Waals surface area contributed by atoms with Crippen molar-refractivity contribution in [2.45, 2.75) is 51.9 Å². The van der Waals surface area contributed by atoms with E-state index in [-0.39, 0.29) is 0 Å². The van der Waals surface area contributed by atoms with Crippen molar-refractivity contribution in [1.82, 2.24) is 0 Å². The summed E-state index contributed by atoms with van der Waals surface area (Å²) in [6, 6.07) is 0. The molecule has 69 valence electrons. The fourth-order valence-electron chi connectivity index (χ4n) is 1.01. The molecule has 0 unspecified atom stereocenters. The maximum Gasteiger partial charge on any atom is -0.0213 e. The van der Waals surface area contributed by atoms with Crippen molar-refractivity contribution in [1.29, 1.82) is 0 Å². The molecule has 0 aromatic carbocycles. The van der Waals surface area contributed by atoms with Gasteiger partial charge in [0.25, 0.3) is 0 Å². The van der Waals surface area contributed by atoms with Crippen molar-refractivity contribution < 1.29 is 0 Å². The van der Waals surface area contributed by atoms with E-state index >= 15 is 0 Å². The minimum atomic E-state index is -0.810. The van der Waals surface area contributed by atoms with E-state index < -0.39 is 7.26 Å². The van der Waals surface area contributed by atoms with Crippen molar-refractivity contribution in [2.24, 2.45) is 0 Å². The van der Waals surface area contributed by atoms with Crippen LogP contribution in [0.4, 0.5) is 0 Å². The van der Waals surface area contributed by atoms with Crippen molar-refractivity contribution >= 4 is 7.26 Å². The van der Waals surface area contributed by atoms with Crippen molar-refractivity contribution in [3.05, 3.63) is 0 Å². The third-order valence-corrected chi connectivity index (χ3v) is 10.1. The van der Waals surface area contributed by atoms with Gasteiger partial charge in [0.2, 0.25) is 0 Å². The molecule has 0 heterocycles. The van der Waals surface area contributed by atoms with E-state index in [0.29, 0.717) is 10.3 Å². The summed E-state index contributed by atoms with van der Waals surface area (Å²) in [5, 5.41) is 0.983. The largest absolute Gasteiger partial charge is 0.121 e. The maximum absolute atomic E-state index is 2.47. The SMILES string of the molecule is CC(C)(C)[P](C)(C)C(C)(C)C. The van der Waals surface area contributed by atoms with Gasteiger partial charge in [-0.25, -0.2) is 0 Å². The molecule has 0 bridgehead atoms. The van der Waals surface area contributed by atoms with E-state index in [4.69, 9.17) is 0 Å². The lowest BCUT2D eigenvalue weighted by molar-refractivity contribution is 0.695. The molecule has 0 rings (SSSR count). The van der Waals surface area contributed by atoms with Gasteiger partial charge in [0.15, 0.2) is 0 Å². The van der Waals surface area contributed by atoms with E-state index in [1.807, 2.05) is 0 Å². The molecule has 0 aliphatic carbocycles. The molecule has 0 fully saturated rings. The van der Waals surface area contributed by atoms with Crippen LogP contribution in [-0.2, 0) is 0 Å². The molecule has 1 heteroatoms. The second-order valence-corrected chi connectivity index (χ2v) is 11.4. The second kappa shape index (κ2) is 2.73. The van der Waals surface area contributed by atoms with Gasteiger partial charge in [0, 0.05) is 0 Å². The average Bonchev–Trinajstić information content (AvgIpc) is 1.58. The Bertz CT molecular complexity index is 116. The molecule has 0 aliphatic heterocycles. The Morgan fingerprint density at radius 2 is 0.818 bits per heavy atom. The summed E-state index contributed by atoms with van der Waals surface area (Å²) in [5.41, 5.74) is 0. The highest BCUT2D eigenvalue weighted by molar-refractivity contribution is 7.77. The van der Waals surface area contributed by atoms with Gasteiger partial charge in [-0.1, -0.05) is 41.5 Å². The Morgan fingerprint density at radius 3 is 0.818 bits per heavy atom. The first-order valence-electron chi connectivity index (χ1n) is 4.34. The zero-order valence-corrected chi connectivity index (χ0v) is 10.3. The molecule has 0 aromatic rings. The van der Waals surface area contributed by atoms with Crippen molar-refractivity contribution in [2.75, 3.05) is 13.3 Å². The van der Waals surface area contributed by atoms with Crippen molar-refractivity contribution in [3.8, 4) is 0 Å². The summed E-state index contributed by atoms with van der Waals surface area (Å²) >= 11 is 0. The maximum atomic E-state index is 2.47. The minimum Gasteiger partial charge on any atom is -0.121 e. The predicted octanol–water partition coefficient (Wildman–Crippen LogP) is 3.86. The first kappa shape index (κ1) is 11.4. The van der Waals surface area contributed by atoms with E-state index in [2.05, 4.69) is 54.9 Å². The molecular formula is C10H24P. The standard InChI is InChI=1S/C10H24P/c1-9(2,3)11(7,8)10(4,5)6/h1-8H3. The van der Waals surface area contributed by atoms with Gasteiger partial charge in [0.05, 0.1) is 0 Å². The summed E-state index contributed by atoms with van der Waals surface area (Å²) in [6.45, 7) is 19.1. The van der Waals surface area contributed by atoms with Gasteiger partial charge in [-0.05, 0) is 23.6 Å². The third-order valence-electron chi connectivity index (χ3n) is 3.35. The summed E-state index contributed by atoms with van der Waals surface area (Å²) in [6.07, 6.45) is 0. The first-order valence-corrected chi connectivity index (χ1v) is 7.02. The van der Waals surface area contributed by atoms with E-state index in [9.17, 15) is 0 Å². The number of rotatable bonds is 0. The Kier molecular flexibility index (Phi) is 2.84. The van der Waals surface area contributed by atoms with Crippen LogP contribution in [0.25, 0.3) is 0 Å². The summed E-state index contributed by atoms with van der Waals surface area (Å²) in [5.74, 6) is 0. The molecule has 0 aromatic heterocycles.